The molecule has 1 aromatic carbocycles. The quantitative estimate of drug-likeness (QED) is 0.880. The Morgan fingerprint density at radius 1 is 1.27 bits per heavy atom. The highest BCUT2D eigenvalue weighted by Crippen LogP contribution is 2.36. The molecule has 6 nitrogen and oxygen atoms in total. The van der Waals surface area contributed by atoms with Crippen LogP contribution in [-0.4, -0.2) is 44.4 Å². The van der Waals surface area contributed by atoms with E-state index in [2.05, 4.69) is 10.1 Å². The van der Waals surface area contributed by atoms with Crippen LogP contribution in [-0.2, 0) is 14.3 Å². The molecule has 2 rings (SSSR count). The molecule has 0 fully saturated rings. The van der Waals surface area contributed by atoms with Gasteiger partial charge < -0.3 is 19.7 Å². The zero-order valence-electron chi connectivity index (χ0n) is 14.8. The number of rotatable bonds is 4. The first kappa shape index (κ1) is 20.0. The Morgan fingerprint density at radius 2 is 1.96 bits per heavy atom. The number of ether oxygens (including phenoxy) is 2. The van der Waals surface area contributed by atoms with Crippen LogP contribution in [0, 0.1) is 5.41 Å². The first-order valence-electron chi connectivity index (χ1n) is 8.00. The van der Waals surface area contributed by atoms with E-state index in [1.54, 1.807) is 43.9 Å². The predicted octanol–water partition coefficient (Wildman–Crippen LogP) is 2.98. The van der Waals surface area contributed by atoms with E-state index in [1.165, 1.54) is 0 Å². The summed E-state index contributed by atoms with van der Waals surface area (Å²) in [5.41, 5.74) is 0.242. The molecular formula is C17H21F3N2O4. The smallest absolute Gasteiger partial charge is 0.411 e. The summed E-state index contributed by atoms with van der Waals surface area (Å²) in [6.45, 7) is 3.90. The number of carbonyl (C=O) groups is 2. The van der Waals surface area contributed by atoms with Gasteiger partial charge in [0.2, 0.25) is 11.8 Å². The average Bonchev–Trinajstić information content (AvgIpc) is 2.51. The van der Waals surface area contributed by atoms with E-state index in [0.717, 1.165) is 0 Å². The second-order valence-corrected chi connectivity index (χ2v) is 6.89. The van der Waals surface area contributed by atoms with Crippen LogP contribution in [0.5, 0.6) is 5.75 Å². The molecule has 2 amide bonds. The summed E-state index contributed by atoms with van der Waals surface area (Å²) >= 11 is 0. The van der Waals surface area contributed by atoms with E-state index in [9.17, 15) is 22.8 Å². The summed E-state index contributed by atoms with van der Waals surface area (Å²) in [6.07, 6.45) is -4.49. The summed E-state index contributed by atoms with van der Waals surface area (Å²) < 4.78 is 45.9. The first-order chi connectivity index (χ1) is 12.0. The van der Waals surface area contributed by atoms with Crippen LogP contribution in [0.2, 0.25) is 0 Å². The summed E-state index contributed by atoms with van der Waals surface area (Å²) in [4.78, 5) is 25.9. The number of benzene rings is 1. The Labute approximate surface area is 149 Å². The number of carbonyl (C=O) groups excluding carboxylic acids is 2. The number of nitrogens with zero attached hydrogens (tertiary/aromatic N) is 1. The summed E-state index contributed by atoms with van der Waals surface area (Å²) in [7, 11) is 0. The molecule has 0 radical (unpaired) electrons. The van der Waals surface area contributed by atoms with Crippen LogP contribution < -0.4 is 15.0 Å². The van der Waals surface area contributed by atoms with Crippen LogP contribution in [0.15, 0.2) is 18.2 Å². The minimum absolute atomic E-state index is 0.0981. The maximum Gasteiger partial charge on any atom is 0.411 e. The van der Waals surface area contributed by atoms with Gasteiger partial charge >= 0.3 is 6.18 Å². The summed E-state index contributed by atoms with van der Waals surface area (Å²) in [6, 6.07) is 4.70. The van der Waals surface area contributed by atoms with E-state index >= 15 is 0 Å². The largest absolute Gasteiger partial charge is 0.490 e. The molecule has 0 saturated carbocycles. The molecule has 1 aromatic rings. The number of hydrogen-bond donors (Lipinski definition) is 1. The number of alkyl halides is 3. The van der Waals surface area contributed by atoms with Gasteiger partial charge in [-0.25, -0.2) is 0 Å². The fraction of sp³-hybridized carbons (Fsp3) is 0.529. The summed E-state index contributed by atoms with van der Waals surface area (Å²) in [5, 5.41) is 2.45. The Kier molecular flexibility index (Phi) is 5.80. The minimum atomic E-state index is -4.49. The molecule has 0 aliphatic carbocycles. The van der Waals surface area contributed by atoms with E-state index in [0.29, 0.717) is 30.3 Å². The Hall–Kier alpha value is -2.29. The predicted molar refractivity (Wildman–Crippen MR) is 89.2 cm³/mol. The average molecular weight is 374 g/mol. The second-order valence-electron chi connectivity index (χ2n) is 6.89. The van der Waals surface area contributed by atoms with Crippen molar-refractivity contribution in [2.45, 2.75) is 26.9 Å². The molecular weight excluding hydrogens is 353 g/mol. The lowest BCUT2D eigenvalue weighted by molar-refractivity contribution is -0.174. The lowest BCUT2D eigenvalue weighted by Crippen LogP contribution is -2.44. The SMILES string of the molecule is CC(C)(C)C(=O)N1CCOc2ccc(NC(=O)COCC(F)(F)F)cc21. The molecule has 0 bridgehead atoms. The highest BCUT2D eigenvalue weighted by atomic mass is 19.4. The van der Waals surface area contributed by atoms with Crippen molar-refractivity contribution in [2.24, 2.45) is 5.41 Å². The van der Waals surface area contributed by atoms with Gasteiger partial charge in [-0.05, 0) is 18.2 Å². The molecule has 1 aliphatic rings. The molecule has 0 spiro atoms. The summed E-state index contributed by atoms with van der Waals surface area (Å²) in [5.74, 6) is -0.321. The molecule has 0 atom stereocenters. The van der Waals surface area contributed by atoms with Gasteiger partial charge in [-0.15, -0.1) is 0 Å². The molecule has 0 unspecified atom stereocenters. The fourth-order valence-corrected chi connectivity index (χ4v) is 2.37. The van der Waals surface area contributed by atoms with Gasteiger partial charge in [-0.3, -0.25) is 9.59 Å². The molecule has 144 valence electrons. The van der Waals surface area contributed by atoms with Gasteiger partial charge in [0.05, 0.1) is 12.2 Å². The van der Waals surface area contributed by atoms with E-state index in [-0.39, 0.29) is 5.91 Å². The van der Waals surface area contributed by atoms with Crippen LogP contribution in [0.1, 0.15) is 20.8 Å². The first-order valence-corrected chi connectivity index (χ1v) is 8.00. The van der Waals surface area contributed by atoms with Crippen LogP contribution in [0.25, 0.3) is 0 Å². The van der Waals surface area contributed by atoms with Crippen molar-refractivity contribution in [1.82, 2.24) is 0 Å². The van der Waals surface area contributed by atoms with E-state index < -0.39 is 30.7 Å². The molecule has 1 aliphatic heterocycles. The molecule has 1 heterocycles. The normalized spacial score (nSPS) is 14.5. The molecule has 1 N–H and O–H groups in total. The van der Waals surface area contributed by atoms with Gasteiger partial charge in [0.1, 0.15) is 25.6 Å². The fourth-order valence-electron chi connectivity index (χ4n) is 2.37. The minimum Gasteiger partial charge on any atom is -0.490 e. The molecule has 0 aromatic heterocycles. The van der Waals surface area contributed by atoms with Gasteiger partial charge in [0, 0.05) is 11.1 Å². The third-order valence-electron chi connectivity index (χ3n) is 3.49. The highest BCUT2D eigenvalue weighted by Gasteiger charge is 2.32. The lowest BCUT2D eigenvalue weighted by atomic mass is 9.94. The zero-order valence-corrected chi connectivity index (χ0v) is 14.8. The van der Waals surface area contributed by atoms with Crippen LogP contribution in [0.3, 0.4) is 0 Å². The number of anilines is 2. The number of nitrogens with one attached hydrogen (secondary N) is 1. The molecule has 9 heteroatoms. The van der Waals surface area contributed by atoms with Crippen LogP contribution in [0.4, 0.5) is 24.5 Å². The van der Waals surface area contributed by atoms with Crippen molar-refractivity contribution in [1.29, 1.82) is 0 Å². The van der Waals surface area contributed by atoms with Crippen molar-refractivity contribution in [3.63, 3.8) is 0 Å². The monoisotopic (exact) mass is 374 g/mol. The number of fused-ring (bicyclic) bond motifs is 1. The van der Waals surface area contributed by atoms with Gasteiger partial charge in [-0.2, -0.15) is 13.2 Å². The van der Waals surface area contributed by atoms with Crippen molar-refractivity contribution < 1.29 is 32.2 Å². The van der Waals surface area contributed by atoms with Crippen molar-refractivity contribution in [3.8, 4) is 5.75 Å². The standard InChI is InChI=1S/C17H21F3N2O4/c1-16(2,3)15(24)22-6-7-26-13-5-4-11(8-12(13)22)21-14(23)9-25-10-17(18,19)20/h4-5,8H,6-7,9-10H2,1-3H3,(H,21,23). The lowest BCUT2D eigenvalue weighted by Gasteiger charge is -2.34. The second kappa shape index (κ2) is 7.53. The molecule has 0 saturated heterocycles. The molecule has 26 heavy (non-hydrogen) atoms. The van der Waals surface area contributed by atoms with E-state index in [4.69, 9.17) is 4.74 Å². The Bertz CT molecular complexity index is 684. The third-order valence-corrected chi connectivity index (χ3v) is 3.49. The number of halogens is 3. The third kappa shape index (κ3) is 5.35. The van der Waals surface area contributed by atoms with Crippen molar-refractivity contribution in [3.05, 3.63) is 18.2 Å². The number of amides is 2. The number of hydrogen-bond acceptors (Lipinski definition) is 4. The van der Waals surface area contributed by atoms with Crippen molar-refractivity contribution >= 4 is 23.2 Å². The highest BCUT2D eigenvalue weighted by molar-refractivity contribution is 6.00. The van der Waals surface area contributed by atoms with Gasteiger partial charge in [-0.1, -0.05) is 20.8 Å². The Balaban J connectivity index is 2.09. The Morgan fingerprint density at radius 3 is 2.58 bits per heavy atom. The van der Waals surface area contributed by atoms with E-state index in [1.807, 2.05) is 0 Å². The van der Waals surface area contributed by atoms with Gasteiger partial charge in [0.25, 0.3) is 0 Å². The maximum absolute atomic E-state index is 12.6. The van der Waals surface area contributed by atoms with Gasteiger partial charge in [0.15, 0.2) is 0 Å². The van der Waals surface area contributed by atoms with Crippen LogP contribution >= 0.6 is 0 Å². The topological polar surface area (TPSA) is 67.9 Å². The maximum atomic E-state index is 12.6. The zero-order chi connectivity index (χ0) is 19.5. The van der Waals surface area contributed by atoms with Crippen molar-refractivity contribution in [2.75, 3.05) is 36.6 Å².